The summed E-state index contributed by atoms with van der Waals surface area (Å²) in [6.45, 7) is 8.40. The maximum Gasteiger partial charge on any atom is 0.232 e. The van der Waals surface area contributed by atoms with Crippen LogP contribution in [0.4, 0.5) is 0 Å². The predicted octanol–water partition coefficient (Wildman–Crippen LogP) is 3.80. The van der Waals surface area contributed by atoms with Crippen LogP contribution in [0.5, 0.6) is 0 Å². The fraction of sp³-hybridized carbons (Fsp3) is 0.588. The van der Waals surface area contributed by atoms with Crippen LogP contribution in [-0.4, -0.2) is 29.6 Å². The third kappa shape index (κ3) is 4.27. The number of piperidine rings is 1. The van der Waals surface area contributed by atoms with E-state index in [-0.39, 0.29) is 0 Å². The molecule has 1 heterocycles. The monoisotopic (exact) mass is 291 g/mol. The number of carbonyl (C=O) groups is 1. The summed E-state index contributed by atoms with van der Waals surface area (Å²) in [6.07, 6.45) is 2.42. The van der Waals surface area contributed by atoms with E-state index in [1.807, 2.05) is 4.90 Å². The van der Waals surface area contributed by atoms with Crippen LogP contribution in [-0.2, 0) is 10.5 Å². The molecular weight excluding hydrogens is 266 g/mol. The fourth-order valence-electron chi connectivity index (χ4n) is 2.71. The lowest BCUT2D eigenvalue weighted by Gasteiger charge is -2.30. The Bertz CT molecular complexity index is 472. The molecule has 1 aliphatic rings. The zero-order chi connectivity index (χ0) is 14.5. The van der Waals surface area contributed by atoms with Gasteiger partial charge in [0.15, 0.2) is 0 Å². The zero-order valence-corrected chi connectivity index (χ0v) is 13.6. The van der Waals surface area contributed by atoms with Crippen LogP contribution in [0.25, 0.3) is 0 Å². The molecule has 0 aliphatic carbocycles. The standard InChI is InChI=1S/C17H25NOS/c1-13-6-7-15(3)16(9-13)11-20-12-17(19)18-8-4-5-14(2)10-18/h6-7,9,14H,4-5,8,10-12H2,1-3H3. The van der Waals surface area contributed by atoms with E-state index in [0.717, 1.165) is 25.3 Å². The molecule has 0 bridgehead atoms. The normalized spacial score (nSPS) is 19.1. The molecule has 1 amide bonds. The van der Waals surface area contributed by atoms with E-state index in [1.165, 1.54) is 23.1 Å². The summed E-state index contributed by atoms with van der Waals surface area (Å²) in [6, 6.07) is 6.54. The lowest BCUT2D eigenvalue weighted by Crippen LogP contribution is -2.40. The predicted molar refractivity (Wildman–Crippen MR) is 87.1 cm³/mol. The molecule has 20 heavy (non-hydrogen) atoms. The molecule has 2 rings (SSSR count). The maximum absolute atomic E-state index is 12.2. The topological polar surface area (TPSA) is 20.3 Å². The van der Waals surface area contributed by atoms with Gasteiger partial charge in [-0.05, 0) is 43.7 Å². The Hall–Kier alpha value is -0.960. The minimum absolute atomic E-state index is 0.312. The van der Waals surface area contributed by atoms with E-state index in [1.54, 1.807) is 11.8 Å². The first-order chi connectivity index (χ1) is 9.56. The highest BCUT2D eigenvalue weighted by molar-refractivity contribution is 7.99. The Morgan fingerprint density at radius 2 is 2.20 bits per heavy atom. The first-order valence-electron chi connectivity index (χ1n) is 7.48. The van der Waals surface area contributed by atoms with Crippen molar-refractivity contribution >= 4 is 17.7 Å². The second-order valence-electron chi connectivity index (χ2n) is 6.01. The lowest BCUT2D eigenvalue weighted by molar-refractivity contribution is -0.130. The van der Waals surface area contributed by atoms with Gasteiger partial charge in [0.25, 0.3) is 0 Å². The number of amides is 1. The molecule has 1 atom stereocenters. The quantitative estimate of drug-likeness (QED) is 0.841. The molecule has 1 unspecified atom stereocenters. The number of aryl methyl sites for hydroxylation is 2. The van der Waals surface area contributed by atoms with E-state index in [0.29, 0.717) is 17.6 Å². The third-order valence-electron chi connectivity index (χ3n) is 4.00. The van der Waals surface area contributed by atoms with E-state index >= 15 is 0 Å². The summed E-state index contributed by atoms with van der Waals surface area (Å²) in [5.74, 6) is 2.52. The smallest absolute Gasteiger partial charge is 0.232 e. The van der Waals surface area contributed by atoms with Crippen molar-refractivity contribution in [1.82, 2.24) is 4.90 Å². The van der Waals surface area contributed by atoms with Gasteiger partial charge in [-0.25, -0.2) is 0 Å². The van der Waals surface area contributed by atoms with Crippen LogP contribution >= 0.6 is 11.8 Å². The van der Waals surface area contributed by atoms with E-state index in [2.05, 4.69) is 39.0 Å². The van der Waals surface area contributed by atoms with Crippen molar-refractivity contribution in [1.29, 1.82) is 0 Å². The van der Waals surface area contributed by atoms with Crippen LogP contribution in [0.15, 0.2) is 18.2 Å². The maximum atomic E-state index is 12.2. The molecule has 0 N–H and O–H groups in total. The molecule has 0 aromatic heterocycles. The number of nitrogens with zero attached hydrogens (tertiary/aromatic N) is 1. The highest BCUT2D eigenvalue weighted by atomic mass is 32.2. The fourth-order valence-corrected chi connectivity index (χ4v) is 3.70. The Morgan fingerprint density at radius 3 is 2.95 bits per heavy atom. The molecule has 3 heteroatoms. The van der Waals surface area contributed by atoms with Gasteiger partial charge in [-0.1, -0.05) is 30.7 Å². The van der Waals surface area contributed by atoms with Crippen LogP contribution in [0, 0.1) is 19.8 Å². The highest BCUT2D eigenvalue weighted by Crippen LogP contribution is 2.20. The SMILES string of the molecule is Cc1ccc(C)c(CSCC(=O)N2CCCC(C)C2)c1. The van der Waals surface area contributed by atoms with Gasteiger partial charge in [0.05, 0.1) is 5.75 Å². The molecule has 0 radical (unpaired) electrons. The van der Waals surface area contributed by atoms with Gasteiger partial charge in [0.1, 0.15) is 0 Å². The van der Waals surface area contributed by atoms with Gasteiger partial charge < -0.3 is 4.90 Å². The molecule has 1 fully saturated rings. The number of likely N-dealkylation sites (tertiary alicyclic amines) is 1. The van der Waals surface area contributed by atoms with Crippen molar-refractivity contribution in [3.05, 3.63) is 34.9 Å². The number of benzene rings is 1. The van der Waals surface area contributed by atoms with E-state index < -0.39 is 0 Å². The average molecular weight is 291 g/mol. The number of hydrogen-bond acceptors (Lipinski definition) is 2. The van der Waals surface area contributed by atoms with Gasteiger partial charge in [-0.2, -0.15) is 0 Å². The second-order valence-corrected chi connectivity index (χ2v) is 7.00. The van der Waals surface area contributed by atoms with Gasteiger partial charge in [0, 0.05) is 18.8 Å². The first-order valence-corrected chi connectivity index (χ1v) is 8.63. The number of rotatable bonds is 4. The molecular formula is C17H25NOS. The van der Waals surface area contributed by atoms with E-state index in [9.17, 15) is 4.79 Å². The molecule has 1 aromatic rings. The largest absolute Gasteiger partial charge is 0.342 e. The van der Waals surface area contributed by atoms with Crippen LogP contribution in [0.3, 0.4) is 0 Å². The summed E-state index contributed by atoms with van der Waals surface area (Å²) >= 11 is 1.74. The van der Waals surface area contributed by atoms with Crippen molar-refractivity contribution < 1.29 is 4.79 Å². The zero-order valence-electron chi connectivity index (χ0n) is 12.8. The van der Waals surface area contributed by atoms with Crippen molar-refractivity contribution in [2.75, 3.05) is 18.8 Å². The summed E-state index contributed by atoms with van der Waals surface area (Å²) in [4.78, 5) is 14.2. The van der Waals surface area contributed by atoms with Gasteiger partial charge in [0.2, 0.25) is 5.91 Å². The van der Waals surface area contributed by atoms with Crippen molar-refractivity contribution in [2.45, 2.75) is 39.4 Å². The van der Waals surface area contributed by atoms with Crippen LogP contribution in [0.2, 0.25) is 0 Å². The molecule has 1 aromatic carbocycles. The van der Waals surface area contributed by atoms with Crippen molar-refractivity contribution in [3.8, 4) is 0 Å². The van der Waals surface area contributed by atoms with Crippen molar-refractivity contribution in [3.63, 3.8) is 0 Å². The Morgan fingerprint density at radius 1 is 1.40 bits per heavy atom. The van der Waals surface area contributed by atoms with Crippen LogP contribution in [0.1, 0.15) is 36.5 Å². The molecule has 0 spiro atoms. The molecule has 0 saturated carbocycles. The third-order valence-corrected chi connectivity index (χ3v) is 4.96. The Labute approximate surface area is 126 Å². The second kappa shape index (κ2) is 7.16. The van der Waals surface area contributed by atoms with Gasteiger partial charge in [-0.15, -0.1) is 11.8 Å². The van der Waals surface area contributed by atoms with Gasteiger partial charge >= 0.3 is 0 Å². The molecule has 1 aliphatic heterocycles. The van der Waals surface area contributed by atoms with Crippen molar-refractivity contribution in [2.24, 2.45) is 5.92 Å². The molecule has 2 nitrogen and oxygen atoms in total. The number of hydrogen-bond donors (Lipinski definition) is 0. The molecule has 1 saturated heterocycles. The van der Waals surface area contributed by atoms with Gasteiger partial charge in [-0.3, -0.25) is 4.79 Å². The first kappa shape index (κ1) is 15.4. The Kier molecular flexibility index (Phi) is 5.53. The summed E-state index contributed by atoms with van der Waals surface area (Å²) in [7, 11) is 0. The lowest BCUT2D eigenvalue weighted by atomic mass is 10.0. The van der Waals surface area contributed by atoms with E-state index in [4.69, 9.17) is 0 Å². The Balaban J connectivity index is 1.80. The average Bonchev–Trinajstić information content (AvgIpc) is 2.42. The highest BCUT2D eigenvalue weighted by Gasteiger charge is 2.20. The minimum Gasteiger partial charge on any atom is -0.342 e. The number of carbonyl (C=O) groups excluding carboxylic acids is 1. The molecule has 110 valence electrons. The van der Waals surface area contributed by atoms with Crippen LogP contribution < -0.4 is 0 Å². The summed E-state index contributed by atoms with van der Waals surface area (Å²) < 4.78 is 0. The minimum atomic E-state index is 0.312. The summed E-state index contributed by atoms with van der Waals surface area (Å²) in [5, 5.41) is 0. The summed E-state index contributed by atoms with van der Waals surface area (Å²) in [5.41, 5.74) is 3.97. The number of thioether (sulfide) groups is 1.